The number of aromatic nitrogens is 3. The fourth-order valence-electron chi connectivity index (χ4n) is 2.33. The molecule has 2 rings (SSSR count). The first-order valence-corrected chi connectivity index (χ1v) is 8.60. The second-order valence-electron chi connectivity index (χ2n) is 6.63. The smallest absolute Gasteiger partial charge is 0.420 e. The van der Waals surface area contributed by atoms with Gasteiger partial charge in [0.1, 0.15) is 17.4 Å². The van der Waals surface area contributed by atoms with Gasteiger partial charge in [-0.05, 0) is 38.3 Å². The van der Waals surface area contributed by atoms with Gasteiger partial charge in [-0.3, -0.25) is 0 Å². The van der Waals surface area contributed by atoms with E-state index in [4.69, 9.17) is 16.3 Å². The molecule has 8 heteroatoms. The lowest BCUT2D eigenvalue weighted by Gasteiger charge is -2.20. The molecule has 0 atom stereocenters. The Bertz CT molecular complexity index is 926. The summed E-state index contributed by atoms with van der Waals surface area (Å²) >= 11 is 6.29. The van der Waals surface area contributed by atoms with Gasteiger partial charge < -0.3 is 4.74 Å². The predicted molar refractivity (Wildman–Crippen MR) is 103 cm³/mol. The standard InChI is InChI=1S/C19H21ClFN3O3/c1-6-8-9-12(7-2)16-22-15(20)14-10-13(11-26-21)24(17(14)23-16)18(25)27-19(3,4)5/h6-10H,2,11H2,1,3-5H3/b8-6-,12-9+. The summed E-state index contributed by atoms with van der Waals surface area (Å²) in [5.41, 5.74) is 0.253. The normalized spacial score (nSPS) is 12.7. The van der Waals surface area contributed by atoms with Crippen LogP contribution in [0.25, 0.3) is 16.6 Å². The third-order valence-electron chi connectivity index (χ3n) is 3.41. The highest BCUT2D eigenvalue weighted by Gasteiger charge is 2.25. The van der Waals surface area contributed by atoms with E-state index in [1.807, 2.05) is 13.0 Å². The molecule has 0 aliphatic heterocycles. The largest absolute Gasteiger partial charge is 0.443 e. The lowest BCUT2D eigenvalue weighted by molar-refractivity contribution is -0.145. The molecule has 2 heterocycles. The third-order valence-corrected chi connectivity index (χ3v) is 3.70. The Labute approximate surface area is 161 Å². The highest BCUT2D eigenvalue weighted by molar-refractivity contribution is 6.34. The summed E-state index contributed by atoms with van der Waals surface area (Å²) < 4.78 is 19.1. The number of hydrogen-bond donors (Lipinski definition) is 0. The summed E-state index contributed by atoms with van der Waals surface area (Å²) in [6.45, 7) is 10.3. The summed E-state index contributed by atoms with van der Waals surface area (Å²) in [4.78, 5) is 25.1. The van der Waals surface area contributed by atoms with Crippen LogP contribution in [0.5, 0.6) is 0 Å². The lowest BCUT2D eigenvalue weighted by Crippen LogP contribution is -2.28. The molecule has 0 unspecified atom stereocenters. The van der Waals surface area contributed by atoms with Gasteiger partial charge in [0, 0.05) is 5.57 Å². The van der Waals surface area contributed by atoms with Crippen molar-refractivity contribution in [1.29, 1.82) is 0 Å². The molecule has 0 aliphatic rings. The van der Waals surface area contributed by atoms with Gasteiger partial charge in [-0.1, -0.05) is 42.5 Å². The van der Waals surface area contributed by atoms with Gasteiger partial charge >= 0.3 is 6.09 Å². The van der Waals surface area contributed by atoms with E-state index in [-0.39, 0.29) is 22.3 Å². The van der Waals surface area contributed by atoms with E-state index in [0.717, 1.165) is 4.57 Å². The van der Waals surface area contributed by atoms with Crippen LogP contribution in [0.1, 0.15) is 39.2 Å². The minimum Gasteiger partial charge on any atom is -0.443 e. The molecule has 0 bridgehead atoms. The number of carbonyl (C=O) groups excluding carboxylic acids is 1. The molecule has 0 radical (unpaired) electrons. The van der Waals surface area contributed by atoms with Crippen molar-refractivity contribution in [2.75, 3.05) is 0 Å². The zero-order chi connectivity index (χ0) is 20.2. The SMILES string of the molecule is C=C/C(=C\C=C/C)c1nc(Cl)c2cc(COF)n(C(=O)OC(C)(C)C)c2n1. The predicted octanol–water partition coefficient (Wildman–Crippen LogP) is 5.41. The van der Waals surface area contributed by atoms with Crippen molar-refractivity contribution < 1.29 is 19.0 Å². The Morgan fingerprint density at radius 1 is 1.41 bits per heavy atom. The van der Waals surface area contributed by atoms with E-state index in [9.17, 15) is 9.32 Å². The highest BCUT2D eigenvalue weighted by Crippen LogP contribution is 2.28. The molecular formula is C19H21ClFN3O3. The Morgan fingerprint density at radius 3 is 2.67 bits per heavy atom. The summed E-state index contributed by atoms with van der Waals surface area (Å²) in [6.07, 6.45) is 6.25. The maximum Gasteiger partial charge on any atom is 0.420 e. The number of fused-ring (bicyclic) bond motifs is 1. The van der Waals surface area contributed by atoms with E-state index >= 15 is 0 Å². The Morgan fingerprint density at radius 2 is 2.11 bits per heavy atom. The second-order valence-corrected chi connectivity index (χ2v) is 6.99. The van der Waals surface area contributed by atoms with Crippen molar-refractivity contribution in [1.82, 2.24) is 14.5 Å². The minimum absolute atomic E-state index is 0.116. The Hall–Kier alpha value is -2.51. The Kier molecular flexibility index (Phi) is 6.51. The van der Waals surface area contributed by atoms with Crippen molar-refractivity contribution in [3.05, 3.63) is 53.6 Å². The van der Waals surface area contributed by atoms with Crippen molar-refractivity contribution >= 4 is 34.3 Å². The first-order chi connectivity index (χ1) is 12.7. The number of nitrogens with zero attached hydrogens (tertiary/aromatic N) is 3. The molecule has 0 fully saturated rings. The molecule has 0 aliphatic carbocycles. The molecular weight excluding hydrogens is 373 g/mol. The van der Waals surface area contributed by atoms with Crippen molar-refractivity contribution in [2.24, 2.45) is 0 Å². The van der Waals surface area contributed by atoms with Gasteiger partial charge in [0.2, 0.25) is 0 Å². The van der Waals surface area contributed by atoms with Crippen LogP contribution < -0.4 is 0 Å². The van der Waals surface area contributed by atoms with Crippen molar-refractivity contribution in [3.8, 4) is 0 Å². The number of halogens is 2. The van der Waals surface area contributed by atoms with Crippen LogP contribution in [0.3, 0.4) is 0 Å². The second kappa shape index (κ2) is 8.45. The van der Waals surface area contributed by atoms with Crippen molar-refractivity contribution in [2.45, 2.75) is 39.9 Å². The molecule has 0 saturated carbocycles. The molecule has 2 aromatic heterocycles. The van der Waals surface area contributed by atoms with Gasteiger partial charge in [0.15, 0.2) is 11.5 Å². The van der Waals surface area contributed by atoms with Crippen LogP contribution >= 0.6 is 11.6 Å². The maximum atomic E-state index is 12.7. The van der Waals surface area contributed by atoms with E-state index in [1.54, 1.807) is 39.0 Å². The average Bonchev–Trinajstić information content (AvgIpc) is 2.93. The first-order valence-electron chi connectivity index (χ1n) is 8.22. The third kappa shape index (κ3) is 4.81. The fraction of sp³-hybridized carbons (Fsp3) is 0.316. The van der Waals surface area contributed by atoms with Gasteiger partial charge in [-0.2, -0.15) is 4.94 Å². The molecule has 2 aromatic rings. The van der Waals surface area contributed by atoms with Gasteiger partial charge in [0.25, 0.3) is 0 Å². The quantitative estimate of drug-likeness (QED) is 0.501. The van der Waals surface area contributed by atoms with Crippen molar-refractivity contribution in [3.63, 3.8) is 0 Å². The molecule has 0 amide bonds. The first kappa shape index (κ1) is 20.8. The highest BCUT2D eigenvalue weighted by atomic mass is 35.5. The molecule has 0 N–H and O–H groups in total. The molecule has 0 spiro atoms. The number of carbonyl (C=O) groups is 1. The van der Waals surface area contributed by atoms with E-state index in [2.05, 4.69) is 21.5 Å². The Balaban J connectivity index is 2.73. The number of allylic oxidation sites excluding steroid dienone is 5. The number of ether oxygens (including phenoxy) is 1. The van der Waals surface area contributed by atoms with Gasteiger partial charge in [-0.15, -0.1) is 0 Å². The number of rotatable bonds is 5. The molecule has 0 aromatic carbocycles. The molecule has 144 valence electrons. The average molecular weight is 394 g/mol. The fourth-order valence-corrected chi connectivity index (χ4v) is 2.55. The van der Waals surface area contributed by atoms with Crippen LogP contribution in [-0.4, -0.2) is 26.2 Å². The molecule has 0 saturated heterocycles. The lowest BCUT2D eigenvalue weighted by atomic mass is 10.2. The maximum absolute atomic E-state index is 12.7. The number of hydrogen-bond acceptors (Lipinski definition) is 5. The molecule has 27 heavy (non-hydrogen) atoms. The van der Waals surface area contributed by atoms with E-state index in [1.165, 1.54) is 6.07 Å². The zero-order valence-corrected chi connectivity index (χ0v) is 16.4. The molecule has 6 nitrogen and oxygen atoms in total. The van der Waals surface area contributed by atoms with E-state index < -0.39 is 18.3 Å². The summed E-state index contributed by atoms with van der Waals surface area (Å²) in [7, 11) is 0. The zero-order valence-electron chi connectivity index (χ0n) is 15.6. The van der Waals surface area contributed by atoms with E-state index in [0.29, 0.717) is 11.0 Å². The minimum atomic E-state index is -0.751. The van der Waals surface area contributed by atoms with Crippen LogP contribution in [0, 0.1) is 0 Å². The summed E-state index contributed by atoms with van der Waals surface area (Å²) in [5.74, 6) is 0.274. The van der Waals surface area contributed by atoms with Gasteiger partial charge in [0.05, 0.1) is 11.1 Å². The topological polar surface area (TPSA) is 66.2 Å². The van der Waals surface area contributed by atoms with Crippen LogP contribution in [-0.2, 0) is 16.3 Å². The van der Waals surface area contributed by atoms with Crippen LogP contribution in [0.15, 0.2) is 36.9 Å². The van der Waals surface area contributed by atoms with Gasteiger partial charge in [-0.25, -0.2) is 19.3 Å². The monoisotopic (exact) mass is 393 g/mol. The summed E-state index contributed by atoms with van der Waals surface area (Å²) in [6, 6.07) is 1.49. The van der Waals surface area contributed by atoms with Crippen LogP contribution in [0.4, 0.5) is 9.32 Å². The van der Waals surface area contributed by atoms with Crippen LogP contribution in [0.2, 0.25) is 5.15 Å². The summed E-state index contributed by atoms with van der Waals surface area (Å²) in [5, 5.41) is 0.499.